The van der Waals surface area contributed by atoms with E-state index < -0.39 is 0 Å². The molecule has 0 amide bonds. The molecule has 1 atom stereocenters. The molecule has 2 rings (SSSR count). The van der Waals surface area contributed by atoms with Crippen molar-refractivity contribution in [2.24, 2.45) is 22.7 Å². The number of hydrogen-bond donors (Lipinski definition) is 3. The SMILES string of the molecule is C/C=C\C(C/C=C/c1ccccc1/C(=N/N)NN)Cn1c(CCCC)nc(C)c1C(=O)OC.CC. The molecule has 0 fully saturated rings. The number of aromatic nitrogens is 2. The van der Waals surface area contributed by atoms with Gasteiger partial charge in [0.05, 0.1) is 12.8 Å². The normalized spacial score (nSPS) is 12.5. The molecule has 0 saturated carbocycles. The van der Waals surface area contributed by atoms with E-state index in [4.69, 9.17) is 16.4 Å². The van der Waals surface area contributed by atoms with Crippen LogP contribution in [0.2, 0.25) is 0 Å². The van der Waals surface area contributed by atoms with Gasteiger partial charge in [0.25, 0.3) is 0 Å². The number of hydrazine groups is 1. The fraction of sp³-hybridized carbons (Fsp3) is 0.444. The number of nitrogens with zero attached hydrogens (tertiary/aromatic N) is 3. The monoisotopic (exact) mass is 482 g/mol. The second-order valence-electron chi connectivity index (χ2n) is 7.80. The van der Waals surface area contributed by atoms with Gasteiger partial charge in [0.15, 0.2) is 5.84 Å². The molecule has 0 spiro atoms. The van der Waals surface area contributed by atoms with Gasteiger partial charge < -0.3 is 20.6 Å². The Balaban J connectivity index is 0.00000298. The maximum absolute atomic E-state index is 12.5. The summed E-state index contributed by atoms with van der Waals surface area (Å²) in [6, 6.07) is 7.75. The molecule has 1 unspecified atom stereocenters. The van der Waals surface area contributed by atoms with Gasteiger partial charge in [-0.05, 0) is 38.2 Å². The van der Waals surface area contributed by atoms with Gasteiger partial charge in [-0.15, -0.1) is 0 Å². The van der Waals surface area contributed by atoms with E-state index in [0.29, 0.717) is 23.8 Å². The van der Waals surface area contributed by atoms with Gasteiger partial charge in [-0.2, -0.15) is 5.10 Å². The Bertz CT molecular complexity index is 1010. The summed E-state index contributed by atoms with van der Waals surface area (Å²) in [5.41, 5.74) is 5.55. The van der Waals surface area contributed by atoms with Gasteiger partial charge in [0.2, 0.25) is 0 Å². The molecule has 5 N–H and O–H groups in total. The number of carbonyl (C=O) groups is 1. The molecule has 0 aliphatic rings. The number of ether oxygens (including phenoxy) is 1. The van der Waals surface area contributed by atoms with Crippen LogP contribution in [0.3, 0.4) is 0 Å². The number of hydrogen-bond acceptors (Lipinski definition) is 6. The van der Waals surface area contributed by atoms with Crippen LogP contribution in [-0.2, 0) is 17.7 Å². The number of amidine groups is 1. The van der Waals surface area contributed by atoms with Crippen LogP contribution in [0.1, 0.15) is 80.1 Å². The Morgan fingerprint density at radius 1 is 1.31 bits per heavy atom. The molecule has 0 aliphatic carbocycles. The predicted octanol–water partition coefficient (Wildman–Crippen LogP) is 4.73. The van der Waals surface area contributed by atoms with Crippen LogP contribution >= 0.6 is 0 Å². The molecule has 8 nitrogen and oxygen atoms in total. The molecule has 0 radical (unpaired) electrons. The average Bonchev–Trinajstić information content (AvgIpc) is 3.19. The average molecular weight is 483 g/mol. The molecule has 0 saturated heterocycles. The van der Waals surface area contributed by atoms with Crippen molar-refractivity contribution in [3.63, 3.8) is 0 Å². The quantitative estimate of drug-likeness (QED) is 0.106. The topological polar surface area (TPSA) is 121 Å². The Morgan fingerprint density at radius 3 is 2.63 bits per heavy atom. The number of methoxy groups -OCH3 is 1. The first-order chi connectivity index (χ1) is 17.0. The van der Waals surface area contributed by atoms with Crippen molar-refractivity contribution in [3.05, 3.63) is 70.8 Å². The van der Waals surface area contributed by atoms with Crippen LogP contribution < -0.4 is 17.1 Å². The number of allylic oxidation sites excluding steroid dienone is 3. The second-order valence-corrected chi connectivity index (χ2v) is 7.80. The first-order valence-corrected chi connectivity index (χ1v) is 12.3. The molecule has 2 aromatic rings. The lowest BCUT2D eigenvalue weighted by atomic mass is 10.0. The summed E-state index contributed by atoms with van der Waals surface area (Å²) in [7, 11) is 1.41. The van der Waals surface area contributed by atoms with E-state index in [1.807, 2.05) is 68.7 Å². The van der Waals surface area contributed by atoms with E-state index in [1.165, 1.54) is 7.11 Å². The van der Waals surface area contributed by atoms with E-state index in [1.54, 1.807) is 0 Å². The Labute approximate surface area is 210 Å². The number of esters is 1. The second kappa shape index (κ2) is 16.3. The molecule has 192 valence electrons. The lowest BCUT2D eigenvalue weighted by Gasteiger charge is -2.17. The smallest absolute Gasteiger partial charge is 0.356 e. The third kappa shape index (κ3) is 8.40. The Hall–Kier alpha value is -3.39. The van der Waals surface area contributed by atoms with Crippen LogP contribution in [0, 0.1) is 12.8 Å². The van der Waals surface area contributed by atoms with E-state index in [-0.39, 0.29) is 11.9 Å². The zero-order valence-corrected chi connectivity index (χ0v) is 22.0. The van der Waals surface area contributed by atoms with Crippen molar-refractivity contribution >= 4 is 17.9 Å². The summed E-state index contributed by atoms with van der Waals surface area (Å²) in [5, 5.41) is 3.72. The van der Waals surface area contributed by atoms with Crippen LogP contribution in [0.15, 0.2) is 47.6 Å². The number of nitrogens with two attached hydrogens (primary N) is 2. The van der Waals surface area contributed by atoms with Gasteiger partial charge in [-0.1, -0.05) is 75.8 Å². The Morgan fingerprint density at radius 2 is 2.03 bits per heavy atom. The summed E-state index contributed by atoms with van der Waals surface area (Å²) in [6.45, 7) is 10.6. The number of nitrogens with one attached hydrogen (secondary N) is 1. The van der Waals surface area contributed by atoms with Crippen LogP contribution in [0.4, 0.5) is 0 Å². The fourth-order valence-electron chi connectivity index (χ4n) is 3.84. The van der Waals surface area contributed by atoms with Crippen LogP contribution in [0.25, 0.3) is 6.08 Å². The van der Waals surface area contributed by atoms with E-state index in [0.717, 1.165) is 42.6 Å². The number of carbonyl (C=O) groups excluding carboxylic acids is 1. The highest BCUT2D eigenvalue weighted by atomic mass is 16.5. The van der Waals surface area contributed by atoms with Crippen molar-refractivity contribution in [2.75, 3.05) is 7.11 Å². The molecule has 1 aromatic carbocycles. The number of hydrazone groups is 1. The van der Waals surface area contributed by atoms with Gasteiger partial charge in [-0.3, -0.25) is 0 Å². The molecule has 0 aliphatic heterocycles. The fourth-order valence-corrected chi connectivity index (χ4v) is 3.84. The van der Waals surface area contributed by atoms with Gasteiger partial charge >= 0.3 is 5.97 Å². The highest BCUT2D eigenvalue weighted by molar-refractivity contribution is 6.01. The molecule has 1 heterocycles. The van der Waals surface area contributed by atoms with Gasteiger partial charge in [0, 0.05) is 18.5 Å². The molecule has 1 aromatic heterocycles. The summed E-state index contributed by atoms with van der Waals surface area (Å²) < 4.78 is 7.07. The lowest BCUT2D eigenvalue weighted by Crippen LogP contribution is -2.32. The van der Waals surface area contributed by atoms with Gasteiger partial charge in [-0.25, -0.2) is 15.6 Å². The highest BCUT2D eigenvalue weighted by Crippen LogP contribution is 2.21. The molecule has 0 bridgehead atoms. The van der Waals surface area contributed by atoms with Gasteiger partial charge in [0.1, 0.15) is 11.5 Å². The number of rotatable bonds is 11. The highest BCUT2D eigenvalue weighted by Gasteiger charge is 2.22. The first kappa shape index (κ1) is 29.6. The largest absolute Gasteiger partial charge is 0.464 e. The minimum atomic E-state index is -0.352. The van der Waals surface area contributed by atoms with Crippen molar-refractivity contribution in [3.8, 4) is 0 Å². The van der Waals surface area contributed by atoms with Crippen LogP contribution in [-0.4, -0.2) is 28.5 Å². The number of imidazole rings is 1. The summed E-state index contributed by atoms with van der Waals surface area (Å²) >= 11 is 0. The van der Waals surface area contributed by atoms with Crippen molar-refractivity contribution in [1.82, 2.24) is 15.0 Å². The van der Waals surface area contributed by atoms with Crippen molar-refractivity contribution in [2.45, 2.75) is 66.8 Å². The maximum Gasteiger partial charge on any atom is 0.356 e. The lowest BCUT2D eigenvalue weighted by molar-refractivity contribution is 0.0586. The van der Waals surface area contributed by atoms with Crippen molar-refractivity contribution < 1.29 is 9.53 Å². The summed E-state index contributed by atoms with van der Waals surface area (Å²) in [6.07, 6.45) is 12.0. The zero-order valence-electron chi connectivity index (χ0n) is 22.0. The van der Waals surface area contributed by atoms with E-state index >= 15 is 0 Å². The van der Waals surface area contributed by atoms with Crippen molar-refractivity contribution in [1.29, 1.82) is 0 Å². The third-order valence-electron chi connectivity index (χ3n) is 5.45. The number of unbranched alkanes of at least 4 members (excludes halogenated alkanes) is 1. The standard InChI is InChI=1S/C25H36N6O2.C2H6/c1-5-7-16-22-28-18(3)23(25(32)33-4)31(22)17-19(11-6-2)12-10-14-20-13-8-9-15-21(20)24(29-26)30-27;1-2/h6,8-11,13-15,19H,5,7,12,16-17,26-27H2,1-4H3,(H,29,30);1-2H3/b11-6-,14-10+;. The number of benzene rings is 1. The summed E-state index contributed by atoms with van der Waals surface area (Å²) in [4.78, 5) is 17.2. The third-order valence-corrected chi connectivity index (χ3v) is 5.45. The van der Waals surface area contributed by atoms with E-state index in [2.05, 4.69) is 34.6 Å². The minimum Gasteiger partial charge on any atom is -0.464 e. The molecule has 8 heteroatoms. The molecular formula is C27H42N6O2. The Kier molecular flexibility index (Phi) is 13.8. The predicted molar refractivity (Wildman–Crippen MR) is 145 cm³/mol. The summed E-state index contributed by atoms with van der Waals surface area (Å²) in [5.74, 6) is 12.2. The maximum atomic E-state index is 12.5. The zero-order chi connectivity index (χ0) is 26.2. The molecular weight excluding hydrogens is 440 g/mol. The van der Waals surface area contributed by atoms with Crippen LogP contribution in [0.5, 0.6) is 0 Å². The van der Waals surface area contributed by atoms with E-state index in [9.17, 15) is 4.79 Å². The number of aryl methyl sites for hydroxylation is 2. The minimum absolute atomic E-state index is 0.172. The molecule has 35 heavy (non-hydrogen) atoms. The first-order valence-electron chi connectivity index (χ1n) is 12.3.